The molecule has 9 heavy (non-hydrogen) atoms. The van der Waals surface area contributed by atoms with Crippen molar-refractivity contribution in [2.75, 3.05) is 0 Å². The fraction of sp³-hybridized carbons (Fsp3) is 0.333. The molecule has 1 N–H and O–H groups in total. The fourth-order valence-corrected chi connectivity index (χ4v) is 0.616. The summed E-state index contributed by atoms with van der Waals surface area (Å²) in [4.78, 5) is 16.7. The third kappa shape index (κ3) is 1.16. The van der Waals surface area contributed by atoms with Crippen LogP contribution in [0.2, 0.25) is 0 Å². The van der Waals surface area contributed by atoms with Crippen LogP contribution in [0, 0.1) is 0 Å². The Labute approximate surface area is 53.1 Å². The molecule has 0 aliphatic rings. The van der Waals surface area contributed by atoms with E-state index in [1.807, 2.05) is 6.92 Å². The molecule has 0 amide bonds. The molecule has 48 valence electrons. The molecule has 3 nitrogen and oxygen atoms in total. The highest BCUT2D eigenvalue weighted by atomic mass is 16.1. The van der Waals surface area contributed by atoms with Crippen molar-refractivity contribution in [2.24, 2.45) is 0 Å². The highest BCUT2D eigenvalue weighted by Gasteiger charge is 1.93. The number of aldehydes is 1. The summed E-state index contributed by atoms with van der Waals surface area (Å²) in [7, 11) is 0. The first-order valence-electron chi connectivity index (χ1n) is 2.86. The number of hydrogen-bond acceptors (Lipinski definition) is 2. The molecular formula is C6H8N2O. The van der Waals surface area contributed by atoms with Gasteiger partial charge in [-0.1, -0.05) is 6.92 Å². The highest BCUT2D eigenvalue weighted by Crippen LogP contribution is 1.93. The highest BCUT2D eigenvalue weighted by molar-refractivity contribution is 5.68. The van der Waals surface area contributed by atoms with Crippen molar-refractivity contribution in [3.05, 3.63) is 17.7 Å². The average molecular weight is 124 g/mol. The number of carbonyl (C=O) groups is 1. The Morgan fingerprint density at radius 1 is 1.89 bits per heavy atom. The van der Waals surface area contributed by atoms with Crippen LogP contribution in [0.3, 0.4) is 0 Å². The van der Waals surface area contributed by atoms with Crippen molar-refractivity contribution in [1.82, 2.24) is 9.97 Å². The van der Waals surface area contributed by atoms with E-state index >= 15 is 0 Å². The van der Waals surface area contributed by atoms with E-state index in [0.29, 0.717) is 12.1 Å². The predicted octanol–water partition coefficient (Wildman–Crippen LogP) is 0.785. The first-order chi connectivity index (χ1) is 4.36. The van der Waals surface area contributed by atoms with Crippen molar-refractivity contribution in [2.45, 2.75) is 13.3 Å². The maximum Gasteiger partial charge on any atom is 0.185 e. The minimum atomic E-state index is 0.409. The van der Waals surface area contributed by atoms with Crippen LogP contribution in [0.5, 0.6) is 0 Å². The Hall–Kier alpha value is -1.12. The lowest BCUT2D eigenvalue weighted by Crippen LogP contribution is -1.82. The Morgan fingerprint density at radius 2 is 2.67 bits per heavy atom. The van der Waals surface area contributed by atoms with E-state index in [1.165, 1.54) is 0 Å². The first kappa shape index (κ1) is 6.01. The van der Waals surface area contributed by atoms with Gasteiger partial charge in [-0.25, -0.2) is 4.98 Å². The summed E-state index contributed by atoms with van der Waals surface area (Å²) in [5.74, 6) is 0.409. The van der Waals surface area contributed by atoms with Crippen LogP contribution in [-0.2, 0) is 6.42 Å². The molecule has 0 bridgehead atoms. The van der Waals surface area contributed by atoms with E-state index in [1.54, 1.807) is 6.20 Å². The van der Waals surface area contributed by atoms with Crippen LogP contribution in [0.4, 0.5) is 0 Å². The fourth-order valence-electron chi connectivity index (χ4n) is 0.616. The molecule has 0 unspecified atom stereocenters. The lowest BCUT2D eigenvalue weighted by molar-refractivity contribution is 0.111. The summed E-state index contributed by atoms with van der Waals surface area (Å²) >= 11 is 0. The Bertz CT molecular complexity index is 205. The van der Waals surface area contributed by atoms with Crippen LogP contribution in [0.1, 0.15) is 23.2 Å². The molecule has 0 atom stereocenters. The average Bonchev–Trinajstić information content (AvgIpc) is 2.34. The summed E-state index contributed by atoms with van der Waals surface area (Å²) in [5, 5.41) is 0. The Balaban J connectivity index is 2.86. The molecule has 0 spiro atoms. The molecule has 1 heterocycles. The Kier molecular flexibility index (Phi) is 1.63. The largest absolute Gasteiger partial charge is 0.340 e. The zero-order chi connectivity index (χ0) is 6.69. The molecule has 0 radical (unpaired) electrons. The minimum absolute atomic E-state index is 0.409. The van der Waals surface area contributed by atoms with E-state index in [2.05, 4.69) is 9.97 Å². The molecule has 0 aromatic carbocycles. The second kappa shape index (κ2) is 2.44. The van der Waals surface area contributed by atoms with Gasteiger partial charge in [-0.15, -0.1) is 0 Å². The number of aromatic nitrogens is 2. The molecule has 0 saturated carbocycles. The normalized spacial score (nSPS) is 9.44. The molecule has 0 saturated heterocycles. The van der Waals surface area contributed by atoms with Gasteiger partial charge in [0.1, 0.15) is 0 Å². The van der Waals surface area contributed by atoms with E-state index < -0.39 is 0 Å². The van der Waals surface area contributed by atoms with Gasteiger partial charge in [-0.05, 0) is 6.42 Å². The summed E-state index contributed by atoms with van der Waals surface area (Å²) in [6, 6.07) is 0. The van der Waals surface area contributed by atoms with Crippen molar-refractivity contribution in [3.8, 4) is 0 Å². The lowest BCUT2D eigenvalue weighted by atomic mass is 10.4. The number of nitrogens with one attached hydrogen (secondary N) is 1. The molecule has 0 fully saturated rings. The van der Waals surface area contributed by atoms with Gasteiger partial charge in [0.25, 0.3) is 0 Å². The van der Waals surface area contributed by atoms with Crippen molar-refractivity contribution in [3.63, 3.8) is 0 Å². The van der Waals surface area contributed by atoms with E-state index in [-0.39, 0.29) is 0 Å². The second-order valence-electron chi connectivity index (χ2n) is 1.77. The number of imidazole rings is 1. The maximum atomic E-state index is 10.0. The van der Waals surface area contributed by atoms with Crippen LogP contribution >= 0.6 is 0 Å². The van der Waals surface area contributed by atoms with Gasteiger partial charge < -0.3 is 4.98 Å². The van der Waals surface area contributed by atoms with E-state index in [4.69, 9.17) is 0 Å². The van der Waals surface area contributed by atoms with Crippen LogP contribution < -0.4 is 0 Å². The monoisotopic (exact) mass is 124 g/mol. The van der Waals surface area contributed by atoms with E-state index in [9.17, 15) is 4.79 Å². The third-order valence-electron chi connectivity index (χ3n) is 1.14. The van der Waals surface area contributed by atoms with Crippen molar-refractivity contribution in [1.29, 1.82) is 0 Å². The second-order valence-corrected chi connectivity index (χ2v) is 1.77. The molecule has 0 aliphatic carbocycles. The number of hydrogen-bond donors (Lipinski definition) is 1. The molecule has 1 aromatic rings. The molecule has 1 aromatic heterocycles. The van der Waals surface area contributed by atoms with Crippen LogP contribution in [0.15, 0.2) is 6.20 Å². The van der Waals surface area contributed by atoms with Gasteiger partial charge in [0.15, 0.2) is 12.1 Å². The zero-order valence-corrected chi connectivity index (χ0v) is 5.22. The van der Waals surface area contributed by atoms with Gasteiger partial charge in [0.2, 0.25) is 0 Å². The molecular weight excluding hydrogens is 116 g/mol. The van der Waals surface area contributed by atoms with Crippen molar-refractivity contribution >= 4 is 6.29 Å². The van der Waals surface area contributed by atoms with Gasteiger partial charge in [-0.3, -0.25) is 4.79 Å². The van der Waals surface area contributed by atoms with Crippen LogP contribution in [0.25, 0.3) is 0 Å². The Morgan fingerprint density at radius 3 is 3.00 bits per heavy atom. The quantitative estimate of drug-likeness (QED) is 0.592. The SMILES string of the molecule is CCc1cnc(C=O)[nH]1. The van der Waals surface area contributed by atoms with E-state index in [0.717, 1.165) is 12.1 Å². The minimum Gasteiger partial charge on any atom is -0.340 e. The molecule has 1 rings (SSSR count). The summed E-state index contributed by atoms with van der Waals surface area (Å²) in [5.41, 5.74) is 0.997. The molecule has 0 aliphatic heterocycles. The maximum absolute atomic E-state index is 10.0. The zero-order valence-electron chi connectivity index (χ0n) is 5.22. The lowest BCUT2D eigenvalue weighted by Gasteiger charge is -1.81. The number of rotatable bonds is 2. The van der Waals surface area contributed by atoms with Crippen molar-refractivity contribution < 1.29 is 4.79 Å². The van der Waals surface area contributed by atoms with Gasteiger partial charge in [0, 0.05) is 11.9 Å². The summed E-state index contributed by atoms with van der Waals surface area (Å²) in [6.07, 6.45) is 3.27. The third-order valence-corrected chi connectivity index (χ3v) is 1.14. The molecule has 3 heteroatoms. The number of H-pyrrole nitrogens is 1. The number of aryl methyl sites for hydroxylation is 1. The topological polar surface area (TPSA) is 45.8 Å². The summed E-state index contributed by atoms with van der Waals surface area (Å²) < 4.78 is 0. The number of carbonyl (C=O) groups excluding carboxylic acids is 1. The van der Waals surface area contributed by atoms with Gasteiger partial charge in [0.05, 0.1) is 0 Å². The van der Waals surface area contributed by atoms with Gasteiger partial charge >= 0.3 is 0 Å². The summed E-state index contributed by atoms with van der Waals surface area (Å²) in [6.45, 7) is 2.00. The predicted molar refractivity (Wildman–Crippen MR) is 33.4 cm³/mol. The van der Waals surface area contributed by atoms with Crippen LogP contribution in [-0.4, -0.2) is 16.3 Å². The first-order valence-corrected chi connectivity index (χ1v) is 2.86. The number of aromatic amines is 1. The number of nitrogens with zero attached hydrogens (tertiary/aromatic N) is 1. The smallest absolute Gasteiger partial charge is 0.185 e. The van der Waals surface area contributed by atoms with Gasteiger partial charge in [-0.2, -0.15) is 0 Å². The standard InChI is InChI=1S/C6H8N2O/c1-2-5-3-7-6(4-9)8-5/h3-4H,2H2,1H3,(H,7,8).